The lowest BCUT2D eigenvalue weighted by atomic mass is 10.3. The molecule has 0 aromatic heterocycles. The third kappa shape index (κ3) is 4.25. The highest BCUT2D eigenvalue weighted by Gasteiger charge is 2.18. The van der Waals surface area contributed by atoms with Gasteiger partial charge >= 0.3 is 5.97 Å². The molecule has 5 nitrogen and oxygen atoms in total. The Hall–Kier alpha value is -1.39. The Morgan fingerprint density at radius 2 is 2.08 bits per heavy atom. The number of hydrogen-bond donors (Lipinski definition) is 1. The molecule has 0 saturated heterocycles. The topological polar surface area (TPSA) is 76.0 Å². The largest absolute Gasteiger partial charge is 0.461 e. The van der Waals surface area contributed by atoms with Crippen LogP contribution < -0.4 is 0 Å². The average molecular weight is 187 g/mol. The standard InChI is InChI=1S/C8H13NO4/c1-3-4-5-13-8(11)7(9-12)6(2)10/h12H,3-5H2,1-2H3/b9-7-. The van der Waals surface area contributed by atoms with Gasteiger partial charge in [-0.15, -0.1) is 0 Å². The van der Waals surface area contributed by atoms with E-state index in [9.17, 15) is 9.59 Å². The summed E-state index contributed by atoms with van der Waals surface area (Å²) in [6.45, 7) is 3.32. The molecule has 74 valence electrons. The number of oxime groups is 1. The van der Waals surface area contributed by atoms with Gasteiger partial charge in [0.2, 0.25) is 5.71 Å². The van der Waals surface area contributed by atoms with Crippen molar-refractivity contribution in [3.05, 3.63) is 0 Å². The van der Waals surface area contributed by atoms with Crippen molar-refractivity contribution in [2.45, 2.75) is 26.7 Å². The number of esters is 1. The van der Waals surface area contributed by atoms with Gasteiger partial charge in [-0.05, 0) is 6.42 Å². The van der Waals surface area contributed by atoms with Crippen LogP contribution in [-0.4, -0.2) is 29.3 Å². The third-order valence-electron chi connectivity index (χ3n) is 1.36. The lowest BCUT2D eigenvalue weighted by Crippen LogP contribution is -2.24. The molecule has 0 radical (unpaired) electrons. The molecule has 0 amide bonds. The highest BCUT2D eigenvalue weighted by molar-refractivity contribution is 6.63. The quantitative estimate of drug-likeness (QED) is 0.172. The first kappa shape index (κ1) is 11.6. The number of rotatable bonds is 5. The fourth-order valence-electron chi connectivity index (χ4n) is 0.633. The van der Waals surface area contributed by atoms with Gasteiger partial charge in [-0.2, -0.15) is 0 Å². The first-order valence-corrected chi connectivity index (χ1v) is 4.03. The van der Waals surface area contributed by atoms with E-state index in [1.807, 2.05) is 6.92 Å². The molecule has 0 fully saturated rings. The van der Waals surface area contributed by atoms with Crippen LogP contribution in [0, 0.1) is 0 Å². The predicted octanol–water partition coefficient (Wildman–Crippen LogP) is 0.749. The van der Waals surface area contributed by atoms with Crippen LogP contribution in [0.3, 0.4) is 0 Å². The number of hydrogen-bond acceptors (Lipinski definition) is 5. The Morgan fingerprint density at radius 1 is 1.46 bits per heavy atom. The fourth-order valence-corrected chi connectivity index (χ4v) is 0.633. The molecule has 0 unspecified atom stereocenters. The molecule has 5 heteroatoms. The van der Waals surface area contributed by atoms with E-state index in [0.717, 1.165) is 19.8 Å². The van der Waals surface area contributed by atoms with Crippen LogP contribution in [0.4, 0.5) is 0 Å². The fraction of sp³-hybridized carbons (Fsp3) is 0.625. The number of carbonyl (C=O) groups is 2. The second kappa shape index (κ2) is 6.16. The molecule has 0 aliphatic heterocycles. The van der Waals surface area contributed by atoms with Gasteiger partial charge in [0.25, 0.3) is 0 Å². The maximum absolute atomic E-state index is 11.0. The molecule has 0 aromatic carbocycles. The minimum atomic E-state index is -0.872. The number of unbranched alkanes of at least 4 members (excludes halogenated alkanes) is 1. The van der Waals surface area contributed by atoms with Crippen LogP contribution in [0.5, 0.6) is 0 Å². The molecule has 1 N–H and O–H groups in total. The van der Waals surface area contributed by atoms with Gasteiger partial charge in [0.15, 0.2) is 5.78 Å². The van der Waals surface area contributed by atoms with Crippen LogP contribution in [0.1, 0.15) is 26.7 Å². The second-order valence-corrected chi connectivity index (χ2v) is 2.49. The van der Waals surface area contributed by atoms with Crippen LogP contribution in [0.2, 0.25) is 0 Å². The Bertz CT molecular complexity index is 222. The van der Waals surface area contributed by atoms with Gasteiger partial charge in [0.1, 0.15) is 0 Å². The minimum Gasteiger partial charge on any atom is -0.461 e. The van der Waals surface area contributed by atoms with Crippen molar-refractivity contribution in [3.8, 4) is 0 Å². The molecule has 0 bridgehead atoms. The molecule has 0 atom stereocenters. The van der Waals surface area contributed by atoms with Crippen LogP contribution in [0.15, 0.2) is 5.16 Å². The molecule has 0 aliphatic carbocycles. The van der Waals surface area contributed by atoms with Crippen LogP contribution in [0.25, 0.3) is 0 Å². The van der Waals surface area contributed by atoms with E-state index >= 15 is 0 Å². The molecule has 0 aromatic rings. The smallest absolute Gasteiger partial charge is 0.364 e. The Labute approximate surface area is 76.4 Å². The van der Waals surface area contributed by atoms with Crippen LogP contribution in [-0.2, 0) is 14.3 Å². The first-order chi connectivity index (χ1) is 6.13. The van der Waals surface area contributed by atoms with E-state index in [0.29, 0.717) is 0 Å². The molecular weight excluding hydrogens is 174 g/mol. The maximum Gasteiger partial charge on any atom is 0.364 e. The molecule has 0 spiro atoms. The van der Waals surface area contributed by atoms with E-state index in [1.165, 1.54) is 0 Å². The van der Waals surface area contributed by atoms with Crippen molar-refractivity contribution in [2.24, 2.45) is 5.16 Å². The van der Waals surface area contributed by atoms with Gasteiger partial charge < -0.3 is 9.94 Å². The predicted molar refractivity (Wildman–Crippen MR) is 45.8 cm³/mol. The summed E-state index contributed by atoms with van der Waals surface area (Å²) < 4.78 is 4.65. The summed E-state index contributed by atoms with van der Waals surface area (Å²) in [7, 11) is 0. The monoisotopic (exact) mass is 187 g/mol. The van der Waals surface area contributed by atoms with Gasteiger partial charge in [0.05, 0.1) is 6.61 Å². The highest BCUT2D eigenvalue weighted by Crippen LogP contribution is 1.91. The summed E-state index contributed by atoms with van der Waals surface area (Å²) >= 11 is 0. The van der Waals surface area contributed by atoms with E-state index in [4.69, 9.17) is 5.21 Å². The molecule has 0 aliphatic rings. The molecule has 0 heterocycles. The van der Waals surface area contributed by atoms with Crippen molar-refractivity contribution >= 4 is 17.5 Å². The molecular formula is C8H13NO4. The number of nitrogens with zero attached hydrogens (tertiary/aromatic N) is 1. The zero-order valence-electron chi connectivity index (χ0n) is 7.74. The van der Waals surface area contributed by atoms with Crippen molar-refractivity contribution in [1.29, 1.82) is 0 Å². The van der Waals surface area contributed by atoms with Gasteiger partial charge in [-0.1, -0.05) is 18.5 Å². The van der Waals surface area contributed by atoms with E-state index in [2.05, 4.69) is 9.89 Å². The van der Waals surface area contributed by atoms with Crippen molar-refractivity contribution in [2.75, 3.05) is 6.61 Å². The summed E-state index contributed by atoms with van der Waals surface area (Å²) in [5, 5.41) is 10.8. The van der Waals surface area contributed by atoms with Crippen molar-refractivity contribution < 1.29 is 19.5 Å². The lowest BCUT2D eigenvalue weighted by molar-refractivity contribution is -0.136. The molecule has 0 rings (SSSR count). The lowest BCUT2D eigenvalue weighted by Gasteiger charge is -2.01. The Balaban J connectivity index is 4.02. The Kier molecular flexibility index (Phi) is 5.50. The van der Waals surface area contributed by atoms with Gasteiger partial charge in [-0.25, -0.2) is 4.79 Å². The second-order valence-electron chi connectivity index (χ2n) is 2.49. The summed E-state index contributed by atoms with van der Waals surface area (Å²) in [4.78, 5) is 21.6. The number of carbonyl (C=O) groups excluding carboxylic acids is 2. The zero-order chi connectivity index (χ0) is 10.3. The number of Topliss-reactive ketones (excluding diaryl/α,β-unsaturated/α-hetero) is 1. The third-order valence-corrected chi connectivity index (χ3v) is 1.36. The average Bonchev–Trinajstić information content (AvgIpc) is 2.05. The zero-order valence-corrected chi connectivity index (χ0v) is 7.74. The first-order valence-electron chi connectivity index (χ1n) is 4.03. The number of ether oxygens (including phenoxy) is 1. The molecule has 0 saturated carbocycles. The summed E-state index contributed by atoms with van der Waals surface area (Å²) in [5.74, 6) is -1.48. The highest BCUT2D eigenvalue weighted by atomic mass is 16.5. The summed E-state index contributed by atoms with van der Waals surface area (Å²) in [5.41, 5.74) is -0.559. The van der Waals surface area contributed by atoms with Crippen molar-refractivity contribution in [1.82, 2.24) is 0 Å². The molecule has 13 heavy (non-hydrogen) atoms. The summed E-state index contributed by atoms with van der Waals surface area (Å²) in [6, 6.07) is 0. The minimum absolute atomic E-state index is 0.238. The Morgan fingerprint density at radius 3 is 2.46 bits per heavy atom. The number of ketones is 1. The SMILES string of the molecule is CCCCOC(=O)/C(=N\O)C(C)=O. The van der Waals surface area contributed by atoms with Crippen LogP contribution >= 0.6 is 0 Å². The summed E-state index contributed by atoms with van der Waals surface area (Å²) in [6.07, 6.45) is 1.61. The van der Waals surface area contributed by atoms with Gasteiger partial charge in [-0.3, -0.25) is 4.79 Å². The van der Waals surface area contributed by atoms with E-state index in [-0.39, 0.29) is 6.61 Å². The van der Waals surface area contributed by atoms with Gasteiger partial charge in [0, 0.05) is 6.92 Å². The van der Waals surface area contributed by atoms with Crippen molar-refractivity contribution in [3.63, 3.8) is 0 Å². The van der Waals surface area contributed by atoms with E-state index < -0.39 is 17.5 Å². The normalized spacial score (nSPS) is 11.1. The van der Waals surface area contributed by atoms with E-state index in [1.54, 1.807) is 0 Å². The maximum atomic E-state index is 11.0.